The molecular formula is C17H23NO3. The number of likely N-dealkylation sites (tertiary alicyclic amines) is 1. The summed E-state index contributed by atoms with van der Waals surface area (Å²) in [4.78, 5) is 24.7. The summed E-state index contributed by atoms with van der Waals surface area (Å²) in [6, 6.07) is 7.84. The number of carboxylic acid groups (broad SMARTS) is 1. The van der Waals surface area contributed by atoms with Crippen molar-refractivity contribution >= 4 is 11.9 Å². The van der Waals surface area contributed by atoms with Crippen LogP contribution in [0.15, 0.2) is 24.3 Å². The number of unbranched alkanes of at least 4 members (excludes halogenated alkanes) is 1. The van der Waals surface area contributed by atoms with Gasteiger partial charge in [0.15, 0.2) is 0 Å². The van der Waals surface area contributed by atoms with Gasteiger partial charge in [0.05, 0.1) is 0 Å². The number of carboxylic acids is 1. The first-order valence-corrected chi connectivity index (χ1v) is 7.66. The van der Waals surface area contributed by atoms with Crippen LogP contribution in [0, 0.1) is 6.92 Å². The zero-order valence-corrected chi connectivity index (χ0v) is 12.5. The molecule has 1 amide bonds. The highest BCUT2D eigenvalue weighted by atomic mass is 16.4. The Kier molecular flexibility index (Phi) is 5.37. The molecule has 1 atom stereocenters. The molecule has 4 heteroatoms. The average Bonchev–Trinajstić information content (AvgIpc) is 2.95. The van der Waals surface area contributed by atoms with E-state index in [9.17, 15) is 9.59 Å². The zero-order valence-electron chi connectivity index (χ0n) is 12.5. The third-order valence-corrected chi connectivity index (χ3v) is 4.08. The fraction of sp³-hybridized carbons (Fsp3) is 0.529. The Morgan fingerprint density at radius 1 is 1.24 bits per heavy atom. The number of hydrogen-bond acceptors (Lipinski definition) is 2. The normalized spacial score (nSPS) is 18.0. The third-order valence-electron chi connectivity index (χ3n) is 4.08. The van der Waals surface area contributed by atoms with E-state index in [1.54, 1.807) is 0 Å². The first-order valence-electron chi connectivity index (χ1n) is 7.66. The van der Waals surface area contributed by atoms with Crippen molar-refractivity contribution in [3.63, 3.8) is 0 Å². The SMILES string of the molecule is Cc1ccc(CCCCC(=O)N2CCCC2C(=O)O)cc1. The Labute approximate surface area is 125 Å². The van der Waals surface area contributed by atoms with Gasteiger partial charge in [-0.25, -0.2) is 4.79 Å². The van der Waals surface area contributed by atoms with Gasteiger partial charge in [-0.05, 0) is 44.6 Å². The minimum atomic E-state index is -0.875. The molecule has 1 aromatic carbocycles. The Hall–Kier alpha value is -1.84. The molecular weight excluding hydrogens is 266 g/mol. The molecule has 0 radical (unpaired) electrons. The van der Waals surface area contributed by atoms with E-state index in [0.29, 0.717) is 19.4 Å². The van der Waals surface area contributed by atoms with Crippen molar-refractivity contribution < 1.29 is 14.7 Å². The quantitative estimate of drug-likeness (QED) is 0.819. The molecule has 0 aromatic heterocycles. The van der Waals surface area contributed by atoms with Crippen molar-refractivity contribution in [3.8, 4) is 0 Å². The molecule has 2 rings (SSSR count). The second-order valence-corrected chi connectivity index (χ2v) is 5.78. The van der Waals surface area contributed by atoms with Gasteiger partial charge < -0.3 is 10.0 Å². The lowest BCUT2D eigenvalue weighted by Gasteiger charge is -2.21. The zero-order chi connectivity index (χ0) is 15.2. The van der Waals surface area contributed by atoms with E-state index < -0.39 is 12.0 Å². The molecule has 1 saturated heterocycles. The number of rotatable bonds is 6. The van der Waals surface area contributed by atoms with E-state index in [1.165, 1.54) is 16.0 Å². The van der Waals surface area contributed by atoms with Crippen LogP contribution >= 0.6 is 0 Å². The van der Waals surface area contributed by atoms with E-state index >= 15 is 0 Å². The van der Waals surface area contributed by atoms with Crippen LogP contribution in [0.4, 0.5) is 0 Å². The Morgan fingerprint density at radius 3 is 2.62 bits per heavy atom. The maximum atomic E-state index is 12.1. The molecule has 0 bridgehead atoms. The van der Waals surface area contributed by atoms with Crippen LogP contribution in [-0.4, -0.2) is 34.5 Å². The minimum absolute atomic E-state index is 0.0104. The maximum absolute atomic E-state index is 12.1. The molecule has 1 aliphatic rings. The van der Waals surface area contributed by atoms with Crippen molar-refractivity contribution in [2.45, 2.75) is 51.5 Å². The largest absolute Gasteiger partial charge is 0.480 e. The van der Waals surface area contributed by atoms with Crippen LogP contribution in [0.5, 0.6) is 0 Å². The van der Waals surface area contributed by atoms with Crippen molar-refractivity contribution in [1.82, 2.24) is 4.90 Å². The van der Waals surface area contributed by atoms with Crippen LogP contribution < -0.4 is 0 Å². The molecule has 1 N–H and O–H groups in total. The fourth-order valence-electron chi connectivity index (χ4n) is 2.83. The standard InChI is InChI=1S/C17H23NO3/c1-13-8-10-14(11-9-13)5-2-3-7-16(19)18-12-4-6-15(18)17(20)21/h8-11,15H,2-7,12H2,1H3,(H,20,21). The van der Waals surface area contributed by atoms with Crippen molar-refractivity contribution in [2.24, 2.45) is 0 Å². The Balaban J connectivity index is 1.72. The van der Waals surface area contributed by atoms with Gasteiger partial charge >= 0.3 is 5.97 Å². The molecule has 1 unspecified atom stereocenters. The van der Waals surface area contributed by atoms with E-state index in [4.69, 9.17) is 5.11 Å². The van der Waals surface area contributed by atoms with Crippen molar-refractivity contribution in [3.05, 3.63) is 35.4 Å². The maximum Gasteiger partial charge on any atom is 0.326 e. The lowest BCUT2D eigenvalue weighted by molar-refractivity contribution is -0.148. The van der Waals surface area contributed by atoms with Gasteiger partial charge in [0.2, 0.25) is 5.91 Å². The second kappa shape index (κ2) is 7.25. The van der Waals surface area contributed by atoms with Gasteiger partial charge in [-0.15, -0.1) is 0 Å². The highest BCUT2D eigenvalue weighted by Gasteiger charge is 2.33. The van der Waals surface area contributed by atoms with E-state index in [0.717, 1.165) is 25.7 Å². The van der Waals surface area contributed by atoms with Crippen LogP contribution in [0.1, 0.15) is 43.2 Å². The number of carbonyl (C=O) groups is 2. The lowest BCUT2D eigenvalue weighted by Crippen LogP contribution is -2.40. The first-order chi connectivity index (χ1) is 10.1. The molecule has 0 spiro atoms. The van der Waals surface area contributed by atoms with Gasteiger partial charge in [0.1, 0.15) is 6.04 Å². The van der Waals surface area contributed by atoms with E-state index in [-0.39, 0.29) is 5.91 Å². The topological polar surface area (TPSA) is 57.6 Å². The summed E-state index contributed by atoms with van der Waals surface area (Å²) in [5.74, 6) is -0.885. The smallest absolute Gasteiger partial charge is 0.326 e. The number of aryl methyl sites for hydroxylation is 2. The molecule has 0 saturated carbocycles. The number of benzene rings is 1. The minimum Gasteiger partial charge on any atom is -0.480 e. The predicted octanol–water partition coefficient (Wildman–Crippen LogP) is 2.78. The summed E-state index contributed by atoms with van der Waals surface area (Å²) in [5, 5.41) is 9.08. The molecule has 114 valence electrons. The van der Waals surface area contributed by atoms with E-state index in [1.807, 2.05) is 0 Å². The number of amides is 1. The highest BCUT2D eigenvalue weighted by molar-refractivity contribution is 5.84. The molecule has 0 aliphatic carbocycles. The predicted molar refractivity (Wildman–Crippen MR) is 81.1 cm³/mol. The Morgan fingerprint density at radius 2 is 1.95 bits per heavy atom. The molecule has 21 heavy (non-hydrogen) atoms. The van der Waals surface area contributed by atoms with Crippen molar-refractivity contribution in [1.29, 1.82) is 0 Å². The summed E-state index contributed by atoms with van der Waals surface area (Å²) >= 11 is 0. The number of carbonyl (C=O) groups excluding carboxylic acids is 1. The first kappa shape index (κ1) is 15.5. The summed E-state index contributed by atoms with van der Waals surface area (Å²) in [5.41, 5.74) is 2.54. The summed E-state index contributed by atoms with van der Waals surface area (Å²) in [6.07, 6.45) is 4.58. The van der Waals surface area contributed by atoms with Gasteiger partial charge in [0.25, 0.3) is 0 Å². The van der Waals surface area contributed by atoms with Crippen LogP contribution in [0.3, 0.4) is 0 Å². The molecule has 4 nitrogen and oxygen atoms in total. The number of hydrogen-bond donors (Lipinski definition) is 1. The monoisotopic (exact) mass is 289 g/mol. The van der Waals surface area contributed by atoms with Crippen LogP contribution in [-0.2, 0) is 16.0 Å². The molecule has 1 aliphatic heterocycles. The number of aliphatic carboxylic acids is 1. The van der Waals surface area contributed by atoms with E-state index in [2.05, 4.69) is 31.2 Å². The fourth-order valence-corrected chi connectivity index (χ4v) is 2.83. The van der Waals surface area contributed by atoms with Gasteiger partial charge in [-0.3, -0.25) is 4.79 Å². The average molecular weight is 289 g/mol. The second-order valence-electron chi connectivity index (χ2n) is 5.78. The Bertz CT molecular complexity index is 495. The van der Waals surface area contributed by atoms with Crippen LogP contribution in [0.2, 0.25) is 0 Å². The van der Waals surface area contributed by atoms with Gasteiger partial charge in [0, 0.05) is 13.0 Å². The van der Waals surface area contributed by atoms with Gasteiger partial charge in [-0.2, -0.15) is 0 Å². The molecule has 1 aromatic rings. The summed E-state index contributed by atoms with van der Waals surface area (Å²) in [7, 11) is 0. The van der Waals surface area contributed by atoms with Crippen molar-refractivity contribution in [2.75, 3.05) is 6.54 Å². The highest BCUT2D eigenvalue weighted by Crippen LogP contribution is 2.19. The summed E-state index contributed by atoms with van der Waals surface area (Å²) in [6.45, 7) is 2.66. The lowest BCUT2D eigenvalue weighted by atomic mass is 10.1. The molecule has 1 fully saturated rings. The third kappa shape index (κ3) is 4.31. The summed E-state index contributed by atoms with van der Waals surface area (Å²) < 4.78 is 0. The van der Waals surface area contributed by atoms with Crippen LogP contribution in [0.25, 0.3) is 0 Å². The molecule has 1 heterocycles. The van der Waals surface area contributed by atoms with Gasteiger partial charge in [-0.1, -0.05) is 29.8 Å². The number of nitrogens with zero attached hydrogens (tertiary/aromatic N) is 1.